The first-order valence-corrected chi connectivity index (χ1v) is 11.4. The fourth-order valence-electron chi connectivity index (χ4n) is 4.45. The van der Waals surface area contributed by atoms with Gasteiger partial charge < -0.3 is 4.40 Å². The Bertz CT molecular complexity index is 1320. The number of hydrogen-bond acceptors (Lipinski definition) is 4. The van der Waals surface area contributed by atoms with Crippen LogP contribution in [0.5, 0.6) is 0 Å². The van der Waals surface area contributed by atoms with E-state index in [1.165, 1.54) is 6.42 Å². The summed E-state index contributed by atoms with van der Waals surface area (Å²) < 4.78 is 3.91. The summed E-state index contributed by atoms with van der Waals surface area (Å²) in [6, 6.07) is 16.0. The molecule has 5 nitrogen and oxygen atoms in total. The zero-order chi connectivity index (χ0) is 20.5. The molecule has 4 aromatic rings. The Hall–Kier alpha value is -3.04. The highest BCUT2D eigenvalue weighted by atomic mass is 32.2. The molecule has 150 valence electrons. The molecule has 0 spiro atoms. The minimum absolute atomic E-state index is 0.0533. The third-order valence-corrected chi connectivity index (χ3v) is 6.95. The fourth-order valence-corrected chi connectivity index (χ4v) is 5.48. The smallest absolute Gasteiger partial charge is 0.262 e. The van der Waals surface area contributed by atoms with Gasteiger partial charge in [0.1, 0.15) is 6.07 Å². The summed E-state index contributed by atoms with van der Waals surface area (Å²) in [5, 5.41) is 11.1. The van der Waals surface area contributed by atoms with E-state index in [0.29, 0.717) is 16.7 Å². The second kappa shape index (κ2) is 8.00. The van der Waals surface area contributed by atoms with E-state index in [-0.39, 0.29) is 11.6 Å². The van der Waals surface area contributed by atoms with Crippen LogP contribution in [-0.4, -0.2) is 14.0 Å². The summed E-state index contributed by atoms with van der Waals surface area (Å²) in [5.41, 5.74) is 3.35. The van der Waals surface area contributed by atoms with Gasteiger partial charge in [0.15, 0.2) is 5.16 Å². The molecule has 30 heavy (non-hydrogen) atoms. The van der Waals surface area contributed by atoms with E-state index in [4.69, 9.17) is 4.98 Å². The highest BCUT2D eigenvalue weighted by molar-refractivity contribution is 7.98. The standard InChI is InChI=1S/C24H22N4OS/c25-14-20-17(15-27-13-7-6-12-22(20)27)16-30-24-26-21-11-5-4-10-19(21)23(29)28(24)18-8-2-1-3-9-18/h4-7,10-13,15,18H,1-3,8-9,16H2. The zero-order valence-corrected chi connectivity index (χ0v) is 17.4. The van der Waals surface area contributed by atoms with E-state index in [0.717, 1.165) is 47.4 Å². The number of benzene rings is 1. The van der Waals surface area contributed by atoms with Crippen molar-refractivity contribution in [2.24, 2.45) is 0 Å². The van der Waals surface area contributed by atoms with Crippen molar-refractivity contribution in [3.63, 3.8) is 0 Å². The number of thioether (sulfide) groups is 1. The maximum Gasteiger partial charge on any atom is 0.262 e. The Balaban J connectivity index is 1.57. The van der Waals surface area contributed by atoms with Gasteiger partial charge in [-0.25, -0.2) is 4.98 Å². The van der Waals surface area contributed by atoms with Gasteiger partial charge in [-0.05, 0) is 42.7 Å². The van der Waals surface area contributed by atoms with E-state index in [9.17, 15) is 10.1 Å². The third kappa shape index (κ3) is 3.29. The van der Waals surface area contributed by atoms with Gasteiger partial charge >= 0.3 is 0 Å². The fraction of sp³-hybridized carbons (Fsp3) is 0.292. The van der Waals surface area contributed by atoms with Crippen LogP contribution >= 0.6 is 11.8 Å². The Morgan fingerprint density at radius 1 is 1.10 bits per heavy atom. The van der Waals surface area contributed by atoms with Crippen LogP contribution in [0.2, 0.25) is 0 Å². The van der Waals surface area contributed by atoms with Crippen molar-refractivity contribution in [3.05, 3.63) is 76.3 Å². The molecule has 0 unspecified atom stereocenters. The maximum absolute atomic E-state index is 13.4. The van der Waals surface area contributed by atoms with E-state index in [1.807, 2.05) is 63.8 Å². The molecule has 0 atom stereocenters. The second-order valence-electron chi connectivity index (χ2n) is 7.80. The number of para-hydroxylation sites is 1. The topological polar surface area (TPSA) is 63.1 Å². The molecule has 1 aliphatic rings. The molecule has 0 amide bonds. The summed E-state index contributed by atoms with van der Waals surface area (Å²) in [7, 11) is 0. The van der Waals surface area contributed by atoms with E-state index >= 15 is 0 Å². The average Bonchev–Trinajstić information content (AvgIpc) is 3.16. The van der Waals surface area contributed by atoms with Crippen molar-refractivity contribution in [1.29, 1.82) is 5.26 Å². The monoisotopic (exact) mass is 414 g/mol. The minimum atomic E-state index is 0.0533. The first-order valence-electron chi connectivity index (χ1n) is 10.4. The molecule has 3 heterocycles. The maximum atomic E-state index is 13.4. The van der Waals surface area contributed by atoms with E-state index in [1.54, 1.807) is 11.8 Å². The number of aromatic nitrogens is 3. The molecular formula is C24H22N4OS. The molecule has 0 radical (unpaired) electrons. The van der Waals surface area contributed by atoms with Crippen molar-refractivity contribution >= 4 is 28.2 Å². The van der Waals surface area contributed by atoms with Gasteiger partial charge in [-0.15, -0.1) is 0 Å². The predicted octanol–water partition coefficient (Wildman–Crippen LogP) is 5.32. The second-order valence-corrected chi connectivity index (χ2v) is 8.74. The van der Waals surface area contributed by atoms with Crippen LogP contribution in [0, 0.1) is 11.3 Å². The molecule has 6 heteroatoms. The Labute approximate surface area is 179 Å². The lowest BCUT2D eigenvalue weighted by Crippen LogP contribution is -2.29. The van der Waals surface area contributed by atoms with Gasteiger partial charge in [0, 0.05) is 24.2 Å². The summed E-state index contributed by atoms with van der Waals surface area (Å²) in [4.78, 5) is 18.2. The van der Waals surface area contributed by atoms with Crippen LogP contribution in [0.3, 0.4) is 0 Å². The van der Waals surface area contributed by atoms with Crippen molar-refractivity contribution in [2.75, 3.05) is 0 Å². The Kier molecular flexibility index (Phi) is 5.06. The van der Waals surface area contributed by atoms with Gasteiger partial charge in [0.2, 0.25) is 0 Å². The summed E-state index contributed by atoms with van der Waals surface area (Å²) in [6.45, 7) is 0. The predicted molar refractivity (Wildman–Crippen MR) is 120 cm³/mol. The van der Waals surface area contributed by atoms with Gasteiger partial charge in [0.05, 0.1) is 22.0 Å². The molecule has 1 saturated carbocycles. The molecule has 0 N–H and O–H groups in total. The highest BCUT2D eigenvalue weighted by Crippen LogP contribution is 2.33. The quantitative estimate of drug-likeness (QED) is 0.335. The molecule has 0 saturated heterocycles. The SMILES string of the molecule is N#Cc1c(CSc2nc3ccccc3c(=O)n2C2CCCCC2)cn2ccccc12. The summed E-state index contributed by atoms with van der Waals surface area (Å²) >= 11 is 1.55. The number of hydrogen-bond donors (Lipinski definition) is 0. The molecule has 3 aromatic heterocycles. The van der Waals surface area contributed by atoms with Gasteiger partial charge in [-0.1, -0.05) is 49.2 Å². The molecule has 0 bridgehead atoms. The third-order valence-electron chi connectivity index (χ3n) is 5.95. The normalized spacial score (nSPS) is 14.9. The van der Waals surface area contributed by atoms with Crippen LogP contribution in [-0.2, 0) is 5.75 Å². The van der Waals surface area contributed by atoms with Crippen LogP contribution in [0.15, 0.2) is 64.8 Å². The highest BCUT2D eigenvalue weighted by Gasteiger charge is 2.22. The van der Waals surface area contributed by atoms with Crippen molar-refractivity contribution in [2.45, 2.75) is 49.1 Å². The number of rotatable bonds is 4. The minimum Gasteiger partial charge on any atom is -0.322 e. The molecule has 5 rings (SSSR count). The van der Waals surface area contributed by atoms with Gasteiger partial charge in [-0.2, -0.15) is 5.26 Å². The van der Waals surface area contributed by atoms with Crippen LogP contribution in [0.4, 0.5) is 0 Å². The van der Waals surface area contributed by atoms with Crippen LogP contribution in [0.25, 0.3) is 16.4 Å². The number of nitriles is 1. The van der Waals surface area contributed by atoms with Crippen LogP contribution in [0.1, 0.15) is 49.3 Å². The van der Waals surface area contributed by atoms with Gasteiger partial charge in [-0.3, -0.25) is 9.36 Å². The summed E-state index contributed by atoms with van der Waals surface area (Å²) in [5.74, 6) is 0.599. The van der Waals surface area contributed by atoms with Crippen LogP contribution < -0.4 is 5.56 Å². The average molecular weight is 415 g/mol. The molecular weight excluding hydrogens is 392 g/mol. The molecule has 1 aliphatic carbocycles. The molecule has 1 aromatic carbocycles. The number of pyridine rings is 1. The first-order chi connectivity index (χ1) is 14.8. The van der Waals surface area contributed by atoms with Crippen molar-refractivity contribution in [3.8, 4) is 6.07 Å². The summed E-state index contributed by atoms with van der Waals surface area (Å²) in [6.07, 6.45) is 9.54. The molecule has 1 fully saturated rings. The van der Waals surface area contributed by atoms with E-state index < -0.39 is 0 Å². The zero-order valence-electron chi connectivity index (χ0n) is 16.6. The lowest BCUT2D eigenvalue weighted by atomic mass is 9.95. The lowest BCUT2D eigenvalue weighted by molar-refractivity contribution is 0.326. The van der Waals surface area contributed by atoms with E-state index in [2.05, 4.69) is 6.07 Å². The Morgan fingerprint density at radius 3 is 2.73 bits per heavy atom. The lowest BCUT2D eigenvalue weighted by Gasteiger charge is -2.26. The largest absolute Gasteiger partial charge is 0.322 e. The van der Waals surface area contributed by atoms with Crippen molar-refractivity contribution in [1.82, 2.24) is 14.0 Å². The molecule has 0 aliphatic heterocycles. The first kappa shape index (κ1) is 19.0. The Morgan fingerprint density at radius 2 is 1.90 bits per heavy atom. The van der Waals surface area contributed by atoms with Crippen molar-refractivity contribution < 1.29 is 0 Å². The van der Waals surface area contributed by atoms with Gasteiger partial charge in [0.25, 0.3) is 5.56 Å². The number of fused-ring (bicyclic) bond motifs is 2. The number of nitrogens with zero attached hydrogens (tertiary/aromatic N) is 4.